The molecule has 6 heteroatoms. The maximum absolute atomic E-state index is 13.1. The third-order valence-corrected chi connectivity index (χ3v) is 5.38. The zero-order chi connectivity index (χ0) is 19.3. The third-order valence-electron chi connectivity index (χ3n) is 4.85. The molecule has 0 fully saturated rings. The molecular weight excluding hydrogens is 416 g/mol. The number of aryl methyl sites for hydroxylation is 1. The van der Waals surface area contributed by atoms with E-state index in [1.807, 2.05) is 67.6 Å². The Balaban J connectivity index is 1.77. The lowest BCUT2D eigenvalue weighted by molar-refractivity contribution is 0.940. The molecule has 0 atom stereocenters. The van der Waals surface area contributed by atoms with Gasteiger partial charge in [0.25, 0.3) is 5.56 Å². The molecule has 0 spiro atoms. The average molecular weight is 431 g/mol. The van der Waals surface area contributed by atoms with Crippen molar-refractivity contribution in [3.63, 3.8) is 0 Å². The van der Waals surface area contributed by atoms with E-state index < -0.39 is 0 Å². The minimum atomic E-state index is -0.122. The van der Waals surface area contributed by atoms with Crippen LogP contribution in [0.25, 0.3) is 33.4 Å². The first-order chi connectivity index (χ1) is 13.6. The zero-order valence-corrected chi connectivity index (χ0v) is 16.6. The summed E-state index contributed by atoms with van der Waals surface area (Å²) in [7, 11) is 0. The predicted molar refractivity (Wildman–Crippen MR) is 114 cm³/mol. The van der Waals surface area contributed by atoms with Crippen LogP contribution in [0.4, 0.5) is 0 Å². The Morgan fingerprint density at radius 3 is 2.46 bits per heavy atom. The summed E-state index contributed by atoms with van der Waals surface area (Å²) in [5.74, 6) is 0. The van der Waals surface area contributed by atoms with Crippen molar-refractivity contribution >= 4 is 32.5 Å². The van der Waals surface area contributed by atoms with E-state index in [1.54, 1.807) is 21.5 Å². The Morgan fingerprint density at radius 1 is 0.964 bits per heavy atom. The van der Waals surface area contributed by atoms with Crippen molar-refractivity contribution in [3.8, 4) is 16.8 Å². The van der Waals surface area contributed by atoms with Gasteiger partial charge >= 0.3 is 0 Å². The number of fused-ring (bicyclic) bond motifs is 3. The van der Waals surface area contributed by atoms with Crippen LogP contribution in [0.3, 0.4) is 0 Å². The van der Waals surface area contributed by atoms with Crippen molar-refractivity contribution in [2.45, 2.75) is 6.92 Å². The van der Waals surface area contributed by atoms with Gasteiger partial charge in [-0.1, -0.05) is 46.3 Å². The fourth-order valence-corrected chi connectivity index (χ4v) is 3.79. The monoisotopic (exact) mass is 430 g/mol. The molecule has 136 valence electrons. The van der Waals surface area contributed by atoms with Gasteiger partial charge in [-0.05, 0) is 42.8 Å². The molecule has 3 aromatic heterocycles. The van der Waals surface area contributed by atoms with E-state index in [-0.39, 0.29) is 5.56 Å². The summed E-state index contributed by atoms with van der Waals surface area (Å²) in [6.07, 6.45) is 3.43. The molecule has 0 unspecified atom stereocenters. The van der Waals surface area contributed by atoms with Crippen LogP contribution in [-0.2, 0) is 0 Å². The van der Waals surface area contributed by atoms with Crippen LogP contribution in [0.2, 0.25) is 0 Å². The average Bonchev–Trinajstić information content (AvgIpc) is 3.06. The summed E-state index contributed by atoms with van der Waals surface area (Å²) in [4.78, 5) is 17.7. The van der Waals surface area contributed by atoms with E-state index in [0.29, 0.717) is 5.39 Å². The molecular formula is C22H15BrN4O. The van der Waals surface area contributed by atoms with E-state index in [0.717, 1.165) is 38.1 Å². The van der Waals surface area contributed by atoms with Crippen molar-refractivity contribution in [2.24, 2.45) is 0 Å². The second-order valence-electron chi connectivity index (χ2n) is 6.59. The summed E-state index contributed by atoms with van der Waals surface area (Å²) in [5, 5.41) is 5.20. The fourth-order valence-electron chi connectivity index (χ4n) is 3.52. The fraction of sp³-hybridized carbons (Fsp3) is 0.0455. The Morgan fingerprint density at radius 2 is 1.71 bits per heavy atom. The molecule has 0 amide bonds. The van der Waals surface area contributed by atoms with Gasteiger partial charge in [-0.25, -0.2) is 9.50 Å². The van der Waals surface area contributed by atoms with Gasteiger partial charge in [-0.15, -0.1) is 0 Å². The van der Waals surface area contributed by atoms with Gasteiger partial charge < -0.3 is 0 Å². The summed E-state index contributed by atoms with van der Waals surface area (Å²) in [5.41, 5.74) is 5.10. The predicted octanol–water partition coefficient (Wildman–Crippen LogP) is 4.77. The number of pyridine rings is 1. The Hall–Kier alpha value is -3.25. The van der Waals surface area contributed by atoms with Gasteiger partial charge in [-0.2, -0.15) is 5.10 Å². The lowest BCUT2D eigenvalue weighted by atomic mass is 10.1. The second-order valence-corrected chi connectivity index (χ2v) is 7.50. The van der Waals surface area contributed by atoms with Gasteiger partial charge in [0, 0.05) is 28.1 Å². The van der Waals surface area contributed by atoms with Crippen molar-refractivity contribution in [3.05, 3.63) is 93.6 Å². The molecule has 3 heterocycles. The van der Waals surface area contributed by atoms with Gasteiger partial charge in [0.1, 0.15) is 0 Å². The zero-order valence-electron chi connectivity index (χ0n) is 15.0. The van der Waals surface area contributed by atoms with Crippen molar-refractivity contribution in [2.75, 3.05) is 0 Å². The standard InChI is InChI=1S/C22H15BrN4O/c1-14-20(15-5-3-2-4-6-15)21-24-13-18-19(27(21)25-14)11-12-26(22(18)28)17-9-7-16(23)8-10-17/h2-13H,1H3. The number of hydrogen-bond acceptors (Lipinski definition) is 3. The van der Waals surface area contributed by atoms with Crippen LogP contribution in [0, 0.1) is 6.92 Å². The van der Waals surface area contributed by atoms with Gasteiger partial charge in [0.05, 0.1) is 16.6 Å². The largest absolute Gasteiger partial charge is 0.284 e. The smallest absolute Gasteiger partial charge is 0.266 e. The van der Waals surface area contributed by atoms with Gasteiger partial charge in [0.2, 0.25) is 0 Å². The topological polar surface area (TPSA) is 52.2 Å². The van der Waals surface area contributed by atoms with Crippen molar-refractivity contribution < 1.29 is 0 Å². The first kappa shape index (κ1) is 16.9. The Kier molecular flexibility index (Phi) is 3.87. The second kappa shape index (κ2) is 6.42. The first-order valence-electron chi connectivity index (χ1n) is 8.84. The molecule has 0 saturated heterocycles. The third kappa shape index (κ3) is 2.57. The number of nitrogens with zero attached hydrogens (tertiary/aromatic N) is 4. The number of rotatable bonds is 2. The van der Waals surface area contributed by atoms with E-state index in [2.05, 4.69) is 26.0 Å². The molecule has 28 heavy (non-hydrogen) atoms. The molecule has 0 aliphatic carbocycles. The number of halogens is 1. The highest BCUT2D eigenvalue weighted by Gasteiger charge is 2.16. The number of aromatic nitrogens is 4. The van der Waals surface area contributed by atoms with E-state index >= 15 is 0 Å². The van der Waals surface area contributed by atoms with Crippen LogP contribution in [0.5, 0.6) is 0 Å². The molecule has 0 bridgehead atoms. The minimum Gasteiger partial charge on any atom is -0.284 e. The highest BCUT2D eigenvalue weighted by molar-refractivity contribution is 9.10. The van der Waals surface area contributed by atoms with E-state index in [9.17, 15) is 4.79 Å². The molecule has 0 aliphatic rings. The quantitative estimate of drug-likeness (QED) is 0.405. The van der Waals surface area contributed by atoms with Crippen LogP contribution in [-0.4, -0.2) is 19.2 Å². The maximum atomic E-state index is 13.1. The minimum absolute atomic E-state index is 0.122. The van der Waals surface area contributed by atoms with Crippen LogP contribution in [0.1, 0.15) is 5.69 Å². The number of hydrogen-bond donors (Lipinski definition) is 0. The van der Waals surface area contributed by atoms with Crippen molar-refractivity contribution in [1.82, 2.24) is 19.2 Å². The lowest BCUT2D eigenvalue weighted by Crippen LogP contribution is -2.18. The van der Waals surface area contributed by atoms with Crippen molar-refractivity contribution in [1.29, 1.82) is 0 Å². The van der Waals surface area contributed by atoms with Crippen LogP contribution < -0.4 is 5.56 Å². The molecule has 5 rings (SSSR count). The molecule has 5 aromatic rings. The Labute approximate surface area is 169 Å². The van der Waals surface area contributed by atoms with Crippen LogP contribution >= 0.6 is 15.9 Å². The number of benzene rings is 2. The summed E-state index contributed by atoms with van der Waals surface area (Å²) in [6, 6.07) is 19.6. The van der Waals surface area contributed by atoms with Crippen LogP contribution in [0.15, 0.2) is 82.3 Å². The normalized spacial score (nSPS) is 11.4. The molecule has 0 N–H and O–H groups in total. The highest BCUT2D eigenvalue weighted by Crippen LogP contribution is 2.28. The first-order valence-corrected chi connectivity index (χ1v) is 9.64. The van der Waals surface area contributed by atoms with E-state index in [4.69, 9.17) is 0 Å². The van der Waals surface area contributed by atoms with E-state index in [1.165, 1.54) is 0 Å². The summed E-state index contributed by atoms with van der Waals surface area (Å²) >= 11 is 3.42. The maximum Gasteiger partial charge on any atom is 0.266 e. The molecule has 0 aliphatic heterocycles. The Bertz CT molecular complexity index is 1390. The summed E-state index contributed by atoms with van der Waals surface area (Å²) in [6.45, 7) is 1.96. The lowest BCUT2D eigenvalue weighted by Gasteiger charge is -2.08. The SMILES string of the molecule is Cc1nn2c(ncc3c(=O)n(-c4ccc(Br)cc4)ccc32)c1-c1ccccc1. The molecule has 5 nitrogen and oxygen atoms in total. The molecule has 0 radical (unpaired) electrons. The molecule has 0 saturated carbocycles. The van der Waals surface area contributed by atoms with Gasteiger partial charge in [0.15, 0.2) is 5.65 Å². The molecule has 2 aromatic carbocycles. The van der Waals surface area contributed by atoms with Gasteiger partial charge in [-0.3, -0.25) is 9.36 Å². The summed E-state index contributed by atoms with van der Waals surface area (Å²) < 4.78 is 4.35. The highest BCUT2D eigenvalue weighted by atomic mass is 79.9.